The second kappa shape index (κ2) is 16.2. The number of pyridine rings is 1. The number of aromatic nitrogens is 3. The number of nitrogens with one attached hydrogen (secondary N) is 1. The molecule has 1 aliphatic carbocycles. The van der Waals surface area contributed by atoms with E-state index < -0.39 is 27.1 Å². The molecule has 0 bridgehead atoms. The highest BCUT2D eigenvalue weighted by Gasteiger charge is 2.40. The van der Waals surface area contributed by atoms with Crippen LogP contribution < -0.4 is 14.2 Å². The monoisotopic (exact) mass is 803 g/mol. The summed E-state index contributed by atoms with van der Waals surface area (Å²) in [5, 5.41) is 25.8. The van der Waals surface area contributed by atoms with E-state index in [-0.39, 0.29) is 40.2 Å². The van der Waals surface area contributed by atoms with Crippen LogP contribution in [0.2, 0.25) is 0 Å². The molecule has 0 unspecified atom stereocenters. The number of rotatable bonds is 12. The summed E-state index contributed by atoms with van der Waals surface area (Å²) in [5.74, 6) is -0.253. The first-order valence-electron chi connectivity index (χ1n) is 19.3. The summed E-state index contributed by atoms with van der Waals surface area (Å²) in [6.45, 7) is 2.09. The molecule has 2 heterocycles. The van der Waals surface area contributed by atoms with Crippen LogP contribution in [0, 0.1) is 17.2 Å². The summed E-state index contributed by atoms with van der Waals surface area (Å²) < 4.78 is 43.5. The minimum Gasteiger partial charge on any atom is -0.476 e. The predicted octanol–water partition coefficient (Wildman–Crippen LogP) is 8.37. The lowest BCUT2D eigenvalue weighted by molar-refractivity contribution is 0.00125. The van der Waals surface area contributed by atoms with Gasteiger partial charge in [0.05, 0.1) is 41.1 Å². The third kappa shape index (κ3) is 7.78. The zero-order valence-electron chi connectivity index (χ0n) is 32.2. The number of ether oxygens (including phenoxy) is 2. The number of para-hydroxylation sites is 1. The van der Waals surface area contributed by atoms with E-state index in [1.165, 1.54) is 6.07 Å². The quantitative estimate of drug-likeness (QED) is 0.116. The van der Waals surface area contributed by atoms with Crippen molar-refractivity contribution in [2.75, 3.05) is 6.61 Å². The van der Waals surface area contributed by atoms with Gasteiger partial charge in [-0.15, -0.1) is 0 Å². The molecule has 12 heteroatoms. The molecule has 59 heavy (non-hydrogen) atoms. The van der Waals surface area contributed by atoms with E-state index >= 15 is 0 Å². The van der Waals surface area contributed by atoms with E-state index in [1.807, 2.05) is 84.4 Å². The number of carbonyl (C=O) groups is 1. The lowest BCUT2D eigenvalue weighted by Gasteiger charge is -2.37. The first-order chi connectivity index (χ1) is 28.6. The van der Waals surface area contributed by atoms with Gasteiger partial charge in [-0.25, -0.2) is 22.8 Å². The van der Waals surface area contributed by atoms with Crippen molar-refractivity contribution in [3.63, 3.8) is 0 Å². The summed E-state index contributed by atoms with van der Waals surface area (Å²) in [7, 11) is -4.49. The number of aliphatic hydroxyl groups is 1. The second-order valence-electron chi connectivity index (χ2n) is 15.0. The van der Waals surface area contributed by atoms with E-state index in [2.05, 4.69) is 46.1 Å². The average Bonchev–Trinajstić information content (AvgIpc) is 3.70. The third-order valence-electron chi connectivity index (χ3n) is 10.9. The first kappa shape index (κ1) is 39.0. The van der Waals surface area contributed by atoms with Gasteiger partial charge >= 0.3 is 0 Å². The summed E-state index contributed by atoms with van der Waals surface area (Å²) in [4.78, 5) is 17.5. The van der Waals surface area contributed by atoms with Gasteiger partial charge in [0, 0.05) is 0 Å². The molecule has 2 aromatic heterocycles. The Hall–Kier alpha value is -6.81. The lowest BCUT2D eigenvalue weighted by atomic mass is 9.77. The van der Waals surface area contributed by atoms with Crippen LogP contribution in [0.15, 0.2) is 157 Å². The molecule has 11 nitrogen and oxygen atoms in total. The molecule has 5 aromatic carbocycles. The molecule has 1 saturated carbocycles. The van der Waals surface area contributed by atoms with Crippen molar-refractivity contribution in [1.82, 2.24) is 19.5 Å². The highest BCUT2D eigenvalue weighted by atomic mass is 32.2. The van der Waals surface area contributed by atoms with Crippen molar-refractivity contribution in [2.45, 2.75) is 48.6 Å². The van der Waals surface area contributed by atoms with Crippen LogP contribution in [0.25, 0.3) is 10.9 Å². The summed E-state index contributed by atoms with van der Waals surface area (Å²) in [6.07, 6.45) is 5.59. The topological polar surface area (TPSA) is 156 Å². The van der Waals surface area contributed by atoms with Gasteiger partial charge < -0.3 is 14.6 Å². The Labute approximate surface area is 342 Å². The number of sulfonamides is 1. The Balaban J connectivity index is 1.08. The maximum absolute atomic E-state index is 13.7. The molecular formula is C47H41N5O6S. The van der Waals surface area contributed by atoms with E-state index in [9.17, 15) is 23.6 Å². The largest absolute Gasteiger partial charge is 0.476 e. The fourth-order valence-corrected chi connectivity index (χ4v) is 8.76. The average molecular weight is 804 g/mol. The molecule has 1 fully saturated rings. The molecule has 296 valence electrons. The van der Waals surface area contributed by atoms with Crippen LogP contribution in [0.3, 0.4) is 0 Å². The Morgan fingerprint density at radius 2 is 1.42 bits per heavy atom. The van der Waals surface area contributed by atoms with Crippen LogP contribution in [0.5, 0.6) is 17.4 Å². The van der Waals surface area contributed by atoms with Gasteiger partial charge in [0.1, 0.15) is 33.6 Å². The summed E-state index contributed by atoms with van der Waals surface area (Å²) >= 11 is 0. The number of nitrogens with zero attached hydrogens (tertiary/aromatic N) is 4. The maximum atomic E-state index is 13.7. The summed E-state index contributed by atoms with van der Waals surface area (Å²) in [5.41, 5.74) is 2.03. The number of fused-ring (bicyclic) bond motifs is 1. The summed E-state index contributed by atoms with van der Waals surface area (Å²) in [6, 6.07) is 45.5. The van der Waals surface area contributed by atoms with E-state index in [1.54, 1.807) is 30.5 Å². The number of benzene rings is 5. The van der Waals surface area contributed by atoms with Gasteiger partial charge in [-0.1, -0.05) is 109 Å². The van der Waals surface area contributed by atoms with Crippen molar-refractivity contribution >= 4 is 26.8 Å². The van der Waals surface area contributed by atoms with E-state index in [0.29, 0.717) is 24.0 Å². The normalized spacial score (nSPS) is 16.9. The minimum absolute atomic E-state index is 0.0000918. The number of amides is 1. The molecule has 1 aliphatic rings. The Morgan fingerprint density at radius 1 is 0.847 bits per heavy atom. The lowest BCUT2D eigenvalue weighted by Crippen LogP contribution is -2.38. The Kier molecular flexibility index (Phi) is 10.7. The molecule has 0 saturated heterocycles. The Bertz CT molecular complexity index is 2660. The van der Waals surface area contributed by atoms with E-state index in [0.717, 1.165) is 47.3 Å². The molecule has 0 atom stereocenters. The van der Waals surface area contributed by atoms with Crippen molar-refractivity contribution < 1.29 is 27.8 Å². The van der Waals surface area contributed by atoms with Crippen molar-refractivity contribution in [1.29, 1.82) is 5.26 Å². The molecule has 2 N–H and O–H groups in total. The fourth-order valence-electron chi connectivity index (χ4n) is 7.82. The molecule has 7 aromatic rings. The zero-order chi connectivity index (χ0) is 41.0. The third-order valence-corrected chi connectivity index (χ3v) is 12.2. The van der Waals surface area contributed by atoms with Crippen LogP contribution in [-0.4, -0.2) is 46.4 Å². The SMILES string of the molecule is CC1(O)CCC(COc2ncc(S(=O)(=O)NC(=O)c3ccccc3Oc3cccc4c3cnn4C(c3ccccc3)(c3ccccc3)c3ccccc3)cc2C#N)CC1. The number of hydrogen-bond acceptors (Lipinski definition) is 9. The second-order valence-corrected chi connectivity index (χ2v) is 16.7. The molecule has 0 aliphatic heterocycles. The molecular weight excluding hydrogens is 763 g/mol. The smallest absolute Gasteiger partial charge is 0.268 e. The number of hydrogen-bond donors (Lipinski definition) is 2. The van der Waals surface area contributed by atoms with Crippen LogP contribution >= 0.6 is 0 Å². The van der Waals surface area contributed by atoms with Gasteiger partial charge in [0.15, 0.2) is 0 Å². The zero-order valence-corrected chi connectivity index (χ0v) is 33.0. The van der Waals surface area contributed by atoms with Gasteiger partial charge in [-0.3, -0.25) is 4.79 Å². The van der Waals surface area contributed by atoms with Gasteiger partial charge in [0.25, 0.3) is 15.9 Å². The Morgan fingerprint density at radius 3 is 2.03 bits per heavy atom. The van der Waals surface area contributed by atoms with Gasteiger partial charge in [0.2, 0.25) is 5.88 Å². The first-order valence-corrected chi connectivity index (χ1v) is 20.8. The maximum Gasteiger partial charge on any atom is 0.268 e. The van der Waals surface area contributed by atoms with Gasteiger partial charge in [-0.2, -0.15) is 10.4 Å². The highest BCUT2D eigenvalue weighted by molar-refractivity contribution is 7.90. The highest BCUT2D eigenvalue weighted by Crippen LogP contribution is 2.43. The number of nitriles is 1. The standard InChI is InChI=1S/C47H41N5O6S/c1-46(54)26-24-33(25-27-46)32-57-45-34(29-48)28-38(30-49-45)59(55,56)51-44(53)39-20-11-12-22-42(39)58-43-23-13-21-41-40(43)31-50-52(41)47(35-14-5-2-6-15-35,36-16-7-3-8-17-36)37-18-9-4-10-19-37/h2-23,28,30-31,33,54H,24-27,32H2,1H3,(H,51,53). The van der Waals surface area contributed by atoms with Crippen LogP contribution in [-0.2, 0) is 15.6 Å². The van der Waals surface area contributed by atoms with Crippen LogP contribution in [0.1, 0.15) is 65.2 Å². The molecule has 0 spiro atoms. The van der Waals surface area contributed by atoms with Gasteiger partial charge in [-0.05, 0) is 85.5 Å². The molecule has 1 amide bonds. The van der Waals surface area contributed by atoms with Crippen LogP contribution in [0.4, 0.5) is 0 Å². The minimum atomic E-state index is -4.49. The number of carbonyl (C=O) groups excluding carboxylic acids is 1. The van der Waals surface area contributed by atoms with Crippen molar-refractivity contribution in [3.8, 4) is 23.4 Å². The van der Waals surface area contributed by atoms with Crippen molar-refractivity contribution in [2.24, 2.45) is 5.92 Å². The predicted molar refractivity (Wildman–Crippen MR) is 223 cm³/mol. The van der Waals surface area contributed by atoms with Crippen molar-refractivity contribution in [3.05, 3.63) is 180 Å². The molecule has 8 rings (SSSR count). The fraction of sp³-hybridized carbons (Fsp3) is 0.191. The van der Waals surface area contributed by atoms with E-state index in [4.69, 9.17) is 14.6 Å². The molecule has 0 radical (unpaired) electrons.